The van der Waals surface area contributed by atoms with E-state index in [0.717, 1.165) is 25.0 Å². The summed E-state index contributed by atoms with van der Waals surface area (Å²) in [6.07, 6.45) is 3.31. The zero-order valence-electron chi connectivity index (χ0n) is 18.3. The summed E-state index contributed by atoms with van der Waals surface area (Å²) in [7, 11) is 0. The molecule has 3 heterocycles. The molecule has 2 aliphatic heterocycles. The number of hydrazine groups is 1. The highest BCUT2D eigenvalue weighted by Crippen LogP contribution is 2.35. The number of rotatable bonds is 5. The Bertz CT molecular complexity index is 1120. The van der Waals surface area contributed by atoms with E-state index in [4.69, 9.17) is 5.73 Å². The van der Waals surface area contributed by atoms with Crippen molar-refractivity contribution in [2.75, 3.05) is 29.5 Å². The minimum atomic E-state index is -0.633. The number of allylic oxidation sites excluding steroid dienone is 1. The Morgan fingerprint density at radius 1 is 1.22 bits per heavy atom. The van der Waals surface area contributed by atoms with Crippen LogP contribution >= 0.6 is 0 Å². The van der Waals surface area contributed by atoms with Gasteiger partial charge in [0.05, 0.1) is 0 Å². The molecule has 10 nitrogen and oxygen atoms in total. The van der Waals surface area contributed by atoms with E-state index in [1.807, 2.05) is 30.9 Å². The molecule has 0 radical (unpaired) electrons. The smallest absolute Gasteiger partial charge is 0.327 e. The number of fused-ring (bicyclic) bond motifs is 1. The lowest BCUT2D eigenvalue weighted by molar-refractivity contribution is 0.0904. The van der Waals surface area contributed by atoms with Crippen molar-refractivity contribution in [3.05, 3.63) is 68.4 Å². The third-order valence-electron chi connectivity index (χ3n) is 5.71. The molecule has 5 N–H and O–H groups in total. The lowest BCUT2D eigenvalue weighted by atomic mass is 10.1. The van der Waals surface area contributed by atoms with Crippen molar-refractivity contribution in [3.63, 3.8) is 0 Å². The first-order valence-corrected chi connectivity index (χ1v) is 10.8. The number of nitrogens with two attached hydrogens (primary N) is 1. The third-order valence-corrected chi connectivity index (χ3v) is 5.71. The van der Waals surface area contributed by atoms with Gasteiger partial charge in [-0.2, -0.15) is 0 Å². The van der Waals surface area contributed by atoms with E-state index in [9.17, 15) is 14.4 Å². The maximum absolute atomic E-state index is 13.0. The first kappa shape index (κ1) is 21.8. The molecule has 32 heavy (non-hydrogen) atoms. The topological polar surface area (TPSA) is 131 Å². The van der Waals surface area contributed by atoms with Gasteiger partial charge in [0.1, 0.15) is 5.69 Å². The van der Waals surface area contributed by atoms with Gasteiger partial charge in [-0.05, 0) is 38.8 Å². The van der Waals surface area contributed by atoms with Gasteiger partial charge in [-0.15, -0.1) is 0 Å². The van der Waals surface area contributed by atoms with Crippen molar-refractivity contribution in [1.29, 1.82) is 0 Å². The number of carbonyl (C=O) groups is 1. The molecule has 10 heteroatoms. The predicted molar refractivity (Wildman–Crippen MR) is 123 cm³/mol. The van der Waals surface area contributed by atoms with Crippen LogP contribution in [-0.4, -0.2) is 52.7 Å². The number of amides is 1. The summed E-state index contributed by atoms with van der Waals surface area (Å²) in [5.41, 5.74) is 9.89. The molecule has 170 valence electrons. The number of nitrogens with one attached hydrogen (secondary N) is 3. The minimum Gasteiger partial charge on any atom is -0.327 e. The van der Waals surface area contributed by atoms with E-state index < -0.39 is 17.5 Å². The Morgan fingerprint density at radius 2 is 1.97 bits per heavy atom. The minimum absolute atomic E-state index is 0.0122. The van der Waals surface area contributed by atoms with Crippen LogP contribution in [0.25, 0.3) is 0 Å². The molecule has 1 saturated heterocycles. The van der Waals surface area contributed by atoms with Crippen LogP contribution in [0.3, 0.4) is 0 Å². The van der Waals surface area contributed by atoms with Crippen LogP contribution in [0.5, 0.6) is 0 Å². The molecule has 1 fully saturated rings. The van der Waals surface area contributed by atoms with Gasteiger partial charge in [0.15, 0.2) is 12.1 Å². The fraction of sp³-hybridized carbons (Fsp3) is 0.409. The van der Waals surface area contributed by atoms with E-state index in [0.29, 0.717) is 24.3 Å². The Balaban J connectivity index is 1.80. The molecule has 1 aromatic heterocycles. The zero-order chi connectivity index (χ0) is 22.8. The van der Waals surface area contributed by atoms with Crippen molar-refractivity contribution in [2.45, 2.75) is 39.0 Å². The fourth-order valence-corrected chi connectivity index (χ4v) is 4.23. The van der Waals surface area contributed by atoms with Gasteiger partial charge in [-0.25, -0.2) is 9.80 Å². The van der Waals surface area contributed by atoms with E-state index in [1.165, 1.54) is 0 Å². The molecule has 0 saturated carbocycles. The maximum atomic E-state index is 13.0. The molecule has 1 aromatic carbocycles. The summed E-state index contributed by atoms with van der Waals surface area (Å²) >= 11 is 0. The lowest BCUT2D eigenvalue weighted by Gasteiger charge is -2.43. The van der Waals surface area contributed by atoms with Gasteiger partial charge in [0, 0.05) is 31.2 Å². The highest BCUT2D eigenvalue weighted by Gasteiger charge is 2.44. The zero-order valence-corrected chi connectivity index (χ0v) is 18.3. The predicted octanol–water partition coefficient (Wildman–Crippen LogP) is 0.708. The van der Waals surface area contributed by atoms with Crippen LogP contribution in [0, 0.1) is 0 Å². The Hall–Kier alpha value is -3.37. The fourth-order valence-electron chi connectivity index (χ4n) is 4.23. The molecular weight excluding hydrogens is 410 g/mol. The monoisotopic (exact) mass is 439 g/mol. The standard InChI is InChI=1S/C22H29N7O3/c1-14(2)10-12-28-17-18(24-21(32)25-20(17)31)29(22(28)27-11-6-9-16(23)13-27)26-19(30)15-7-4-3-5-8-15/h3-5,7-8,10,16,22H,6,9,11-13,23H2,1-2H3,(H,26,30)(H2,24,25,31,32). The van der Waals surface area contributed by atoms with Gasteiger partial charge >= 0.3 is 5.69 Å². The van der Waals surface area contributed by atoms with E-state index in [2.05, 4.69) is 20.3 Å². The van der Waals surface area contributed by atoms with Crippen molar-refractivity contribution in [1.82, 2.24) is 20.3 Å². The van der Waals surface area contributed by atoms with Crippen LogP contribution in [0.4, 0.5) is 11.5 Å². The Kier molecular flexibility index (Phi) is 6.15. The first-order valence-electron chi connectivity index (χ1n) is 10.8. The number of aromatic nitrogens is 2. The quantitative estimate of drug-likeness (QED) is 0.505. The molecule has 2 unspecified atom stereocenters. The molecule has 0 spiro atoms. The van der Waals surface area contributed by atoms with Crippen LogP contribution in [0.15, 0.2) is 51.6 Å². The number of likely N-dealkylation sites (tertiary alicyclic amines) is 1. The number of H-pyrrole nitrogens is 2. The summed E-state index contributed by atoms with van der Waals surface area (Å²) < 4.78 is 0. The SMILES string of the molecule is CC(C)=CCN1c2c([nH]c(=O)[nH]c2=O)N(NC(=O)c2ccccc2)C1N1CCCC(N)C1. The average Bonchev–Trinajstić information content (AvgIpc) is 3.06. The number of aromatic amines is 2. The second kappa shape index (κ2) is 9.01. The van der Waals surface area contributed by atoms with Crippen molar-refractivity contribution < 1.29 is 4.79 Å². The van der Waals surface area contributed by atoms with Gasteiger partial charge in [0.2, 0.25) is 0 Å². The third kappa shape index (κ3) is 4.32. The van der Waals surface area contributed by atoms with E-state index in [1.54, 1.807) is 29.3 Å². The number of hydrogen-bond donors (Lipinski definition) is 4. The summed E-state index contributed by atoms with van der Waals surface area (Å²) in [6, 6.07) is 8.79. The molecule has 0 bridgehead atoms. The maximum Gasteiger partial charge on any atom is 0.327 e. The first-order chi connectivity index (χ1) is 15.3. The van der Waals surface area contributed by atoms with E-state index in [-0.39, 0.29) is 17.8 Å². The number of nitrogens with zero attached hydrogens (tertiary/aromatic N) is 3. The number of piperidine rings is 1. The second-order valence-electron chi connectivity index (χ2n) is 8.46. The Morgan fingerprint density at radius 3 is 2.66 bits per heavy atom. The summed E-state index contributed by atoms with van der Waals surface area (Å²) in [5, 5.41) is 1.58. The molecular formula is C22H29N7O3. The molecule has 1 amide bonds. The number of hydrogen-bond acceptors (Lipinski definition) is 7. The summed E-state index contributed by atoms with van der Waals surface area (Å²) in [4.78, 5) is 47.1. The largest absolute Gasteiger partial charge is 0.327 e. The van der Waals surface area contributed by atoms with Gasteiger partial charge in [-0.3, -0.25) is 29.9 Å². The van der Waals surface area contributed by atoms with Crippen molar-refractivity contribution in [2.24, 2.45) is 5.73 Å². The average molecular weight is 440 g/mol. The van der Waals surface area contributed by atoms with Gasteiger partial charge < -0.3 is 10.6 Å². The normalized spacial score (nSPS) is 20.7. The molecule has 2 atom stereocenters. The lowest BCUT2D eigenvalue weighted by Crippen LogP contribution is -2.63. The van der Waals surface area contributed by atoms with E-state index >= 15 is 0 Å². The number of benzene rings is 1. The van der Waals surface area contributed by atoms with Gasteiger partial charge in [0.25, 0.3) is 11.5 Å². The van der Waals surface area contributed by atoms with Crippen molar-refractivity contribution in [3.8, 4) is 0 Å². The van der Waals surface area contributed by atoms with Crippen LogP contribution in [0.2, 0.25) is 0 Å². The highest BCUT2D eigenvalue weighted by atomic mass is 16.2. The van der Waals surface area contributed by atoms with Gasteiger partial charge in [-0.1, -0.05) is 29.8 Å². The van der Waals surface area contributed by atoms with Crippen LogP contribution in [0.1, 0.15) is 37.0 Å². The van der Waals surface area contributed by atoms with Crippen molar-refractivity contribution >= 4 is 17.4 Å². The molecule has 4 rings (SSSR count). The second-order valence-corrected chi connectivity index (χ2v) is 8.46. The number of anilines is 2. The molecule has 2 aliphatic rings. The summed E-state index contributed by atoms with van der Waals surface area (Å²) in [5.74, 6) is -0.0811. The highest BCUT2D eigenvalue weighted by molar-refractivity contribution is 5.95. The molecule has 0 aliphatic carbocycles. The van der Waals surface area contributed by atoms with Crippen LogP contribution in [-0.2, 0) is 0 Å². The summed E-state index contributed by atoms with van der Waals surface area (Å²) in [6.45, 7) is 5.74. The Labute approximate surface area is 185 Å². The van der Waals surface area contributed by atoms with Crippen LogP contribution < -0.4 is 32.3 Å². The molecule has 2 aromatic rings. The number of carbonyl (C=O) groups excluding carboxylic acids is 1.